The number of allylic oxidation sites excluding steroid dienone is 1. The molecule has 0 aliphatic carbocycles. The van der Waals surface area contributed by atoms with Crippen molar-refractivity contribution < 1.29 is 4.79 Å². The molecule has 6 nitrogen and oxygen atoms in total. The zero-order chi connectivity index (χ0) is 19.8. The Hall–Kier alpha value is -2.86. The Morgan fingerprint density at radius 3 is 2.89 bits per heavy atom. The third kappa shape index (κ3) is 3.14. The highest BCUT2D eigenvalue weighted by atomic mass is 35.5. The van der Waals surface area contributed by atoms with Crippen molar-refractivity contribution in [3.8, 4) is 11.3 Å². The van der Waals surface area contributed by atoms with E-state index in [-0.39, 0.29) is 23.2 Å². The summed E-state index contributed by atoms with van der Waals surface area (Å²) >= 11 is 6.14. The summed E-state index contributed by atoms with van der Waals surface area (Å²) in [6.07, 6.45) is 7.09. The monoisotopic (exact) mass is 396 g/mol. The molecule has 1 atom stereocenters. The van der Waals surface area contributed by atoms with Gasteiger partial charge in [0.1, 0.15) is 5.69 Å². The van der Waals surface area contributed by atoms with Gasteiger partial charge in [-0.2, -0.15) is 0 Å². The van der Waals surface area contributed by atoms with Crippen molar-refractivity contribution in [1.29, 1.82) is 0 Å². The van der Waals surface area contributed by atoms with Crippen LogP contribution in [-0.2, 0) is 6.54 Å². The summed E-state index contributed by atoms with van der Waals surface area (Å²) in [5, 5.41) is 0.583. The zero-order valence-electron chi connectivity index (χ0n) is 15.6. The van der Waals surface area contributed by atoms with Crippen molar-refractivity contribution in [2.45, 2.75) is 32.4 Å². The fourth-order valence-corrected chi connectivity index (χ4v) is 3.95. The second kappa shape index (κ2) is 7.28. The minimum Gasteiger partial charge on any atom is -0.335 e. The first kappa shape index (κ1) is 18.5. The van der Waals surface area contributed by atoms with Gasteiger partial charge in [0.15, 0.2) is 0 Å². The molecule has 0 spiro atoms. The summed E-state index contributed by atoms with van der Waals surface area (Å²) in [5.74, 6) is -0.132. The lowest BCUT2D eigenvalue weighted by Crippen LogP contribution is -2.33. The molecular weight excluding hydrogens is 376 g/mol. The second-order valence-corrected chi connectivity index (χ2v) is 7.51. The van der Waals surface area contributed by atoms with Gasteiger partial charge in [0, 0.05) is 42.1 Å². The van der Waals surface area contributed by atoms with Gasteiger partial charge in [0.05, 0.1) is 5.69 Å². The SMILES string of the molecule is C=CCn1c(-c2cccc(Cl)c2)cn2cc(C(=O)N3CCC[C@H]3C)nc2c1=O. The average molecular weight is 397 g/mol. The smallest absolute Gasteiger partial charge is 0.295 e. The van der Waals surface area contributed by atoms with Crippen LogP contribution in [0.3, 0.4) is 0 Å². The van der Waals surface area contributed by atoms with Gasteiger partial charge >= 0.3 is 0 Å². The fraction of sp³-hybridized carbons (Fsp3) is 0.286. The standard InChI is InChI=1S/C21H21ClN4O2/c1-3-9-26-18(15-7-4-8-16(22)11-15)13-24-12-17(23-19(24)21(26)28)20(27)25-10-5-6-14(25)2/h3-4,7-8,11-14H,1,5-6,9-10H2,2H3/t14-/m1/s1. The number of benzene rings is 1. The van der Waals surface area contributed by atoms with E-state index in [1.54, 1.807) is 33.4 Å². The van der Waals surface area contributed by atoms with Crippen LogP contribution in [0.5, 0.6) is 0 Å². The maximum Gasteiger partial charge on any atom is 0.295 e. The first-order valence-electron chi connectivity index (χ1n) is 9.30. The lowest BCUT2D eigenvalue weighted by molar-refractivity contribution is 0.0742. The Morgan fingerprint density at radius 1 is 1.39 bits per heavy atom. The molecule has 1 amide bonds. The maximum atomic E-state index is 13.1. The first-order chi connectivity index (χ1) is 13.5. The van der Waals surface area contributed by atoms with Crippen molar-refractivity contribution in [2.24, 2.45) is 0 Å². The number of halogens is 1. The van der Waals surface area contributed by atoms with Crippen LogP contribution in [0.25, 0.3) is 16.9 Å². The zero-order valence-corrected chi connectivity index (χ0v) is 16.4. The van der Waals surface area contributed by atoms with Crippen LogP contribution in [0.2, 0.25) is 5.02 Å². The van der Waals surface area contributed by atoms with Gasteiger partial charge in [-0.3, -0.25) is 18.6 Å². The van der Waals surface area contributed by atoms with Gasteiger partial charge in [-0.25, -0.2) is 4.98 Å². The van der Waals surface area contributed by atoms with Crippen molar-refractivity contribution >= 4 is 23.2 Å². The minimum atomic E-state index is -0.272. The van der Waals surface area contributed by atoms with Gasteiger partial charge in [0.25, 0.3) is 11.5 Å². The molecule has 0 bridgehead atoms. The number of hydrogen-bond donors (Lipinski definition) is 0. The highest BCUT2D eigenvalue weighted by Gasteiger charge is 2.28. The van der Waals surface area contributed by atoms with Crippen LogP contribution in [0.4, 0.5) is 0 Å². The highest BCUT2D eigenvalue weighted by molar-refractivity contribution is 6.30. The number of aromatic nitrogens is 3. The van der Waals surface area contributed by atoms with Gasteiger partial charge in [-0.05, 0) is 31.9 Å². The quantitative estimate of drug-likeness (QED) is 0.633. The Kier molecular flexibility index (Phi) is 4.81. The maximum absolute atomic E-state index is 13.1. The fourth-order valence-electron chi connectivity index (χ4n) is 3.76. The molecule has 0 N–H and O–H groups in total. The van der Waals surface area contributed by atoms with Crippen molar-refractivity contribution in [3.05, 3.63) is 70.4 Å². The highest BCUT2D eigenvalue weighted by Crippen LogP contribution is 2.23. The summed E-state index contributed by atoms with van der Waals surface area (Å²) < 4.78 is 3.22. The largest absolute Gasteiger partial charge is 0.335 e. The topological polar surface area (TPSA) is 59.6 Å². The molecule has 7 heteroatoms. The number of amides is 1. The number of carbonyl (C=O) groups excluding carboxylic acids is 1. The molecule has 1 saturated heterocycles. The van der Waals surface area contributed by atoms with Gasteiger partial charge < -0.3 is 4.90 Å². The lowest BCUT2D eigenvalue weighted by Gasteiger charge is -2.19. The molecule has 0 unspecified atom stereocenters. The number of hydrogen-bond acceptors (Lipinski definition) is 3. The molecule has 1 aliphatic heterocycles. The predicted octanol–water partition coefficient (Wildman–Crippen LogP) is 3.63. The summed E-state index contributed by atoms with van der Waals surface area (Å²) in [4.78, 5) is 32.1. The van der Waals surface area contributed by atoms with Crippen molar-refractivity contribution in [1.82, 2.24) is 18.9 Å². The van der Waals surface area contributed by atoms with Crippen LogP contribution in [0, 0.1) is 0 Å². The lowest BCUT2D eigenvalue weighted by atomic mass is 10.1. The molecule has 1 aliphatic rings. The predicted molar refractivity (Wildman–Crippen MR) is 110 cm³/mol. The van der Waals surface area contributed by atoms with E-state index < -0.39 is 0 Å². The van der Waals surface area contributed by atoms with Gasteiger partial charge in [0.2, 0.25) is 5.65 Å². The Balaban J connectivity index is 1.87. The summed E-state index contributed by atoms with van der Waals surface area (Å²) in [6.45, 7) is 6.84. The molecule has 1 aromatic carbocycles. The molecule has 0 radical (unpaired) electrons. The molecule has 28 heavy (non-hydrogen) atoms. The van der Waals surface area contributed by atoms with E-state index >= 15 is 0 Å². The number of carbonyl (C=O) groups is 1. The number of likely N-dealkylation sites (tertiary alicyclic amines) is 1. The van der Waals surface area contributed by atoms with Crippen LogP contribution >= 0.6 is 11.6 Å². The molecule has 1 fully saturated rings. The molecular formula is C21H21ClN4O2. The van der Waals surface area contributed by atoms with Crippen molar-refractivity contribution in [2.75, 3.05) is 6.54 Å². The van der Waals surface area contributed by atoms with Crippen LogP contribution in [-0.4, -0.2) is 37.3 Å². The van der Waals surface area contributed by atoms with E-state index in [1.807, 2.05) is 30.2 Å². The van der Waals surface area contributed by atoms with Crippen LogP contribution in [0.1, 0.15) is 30.3 Å². The number of fused-ring (bicyclic) bond motifs is 1. The summed E-state index contributed by atoms with van der Waals surface area (Å²) in [7, 11) is 0. The number of nitrogens with zero attached hydrogens (tertiary/aromatic N) is 4. The molecule has 2 aromatic heterocycles. The first-order valence-corrected chi connectivity index (χ1v) is 9.67. The molecule has 3 heterocycles. The molecule has 4 rings (SSSR count). The minimum absolute atomic E-state index is 0.132. The average Bonchev–Trinajstić information content (AvgIpc) is 3.30. The van der Waals surface area contributed by atoms with E-state index in [0.717, 1.165) is 24.9 Å². The Bertz CT molecular complexity index is 1130. The van der Waals surface area contributed by atoms with E-state index in [4.69, 9.17) is 11.6 Å². The summed E-state index contributed by atoms with van der Waals surface area (Å²) in [5.41, 5.74) is 1.74. The third-order valence-corrected chi connectivity index (χ3v) is 5.42. The third-order valence-electron chi connectivity index (χ3n) is 5.19. The van der Waals surface area contributed by atoms with E-state index in [1.165, 1.54) is 0 Å². The van der Waals surface area contributed by atoms with Gasteiger partial charge in [-0.15, -0.1) is 6.58 Å². The Labute approximate surface area is 167 Å². The second-order valence-electron chi connectivity index (χ2n) is 7.08. The van der Waals surface area contributed by atoms with Crippen molar-refractivity contribution in [3.63, 3.8) is 0 Å². The van der Waals surface area contributed by atoms with E-state index in [2.05, 4.69) is 11.6 Å². The van der Waals surface area contributed by atoms with Crippen LogP contribution in [0.15, 0.2) is 54.1 Å². The summed E-state index contributed by atoms with van der Waals surface area (Å²) in [6, 6.07) is 7.50. The number of rotatable bonds is 4. The van der Waals surface area contributed by atoms with E-state index in [9.17, 15) is 9.59 Å². The molecule has 144 valence electrons. The number of imidazole rings is 1. The molecule has 3 aromatic rings. The van der Waals surface area contributed by atoms with Gasteiger partial charge in [-0.1, -0.05) is 29.8 Å². The van der Waals surface area contributed by atoms with Crippen LogP contribution < -0.4 is 5.56 Å². The Morgan fingerprint density at radius 2 is 2.21 bits per heavy atom. The normalized spacial score (nSPS) is 16.6. The molecule has 0 saturated carbocycles. The van der Waals surface area contributed by atoms with E-state index in [0.29, 0.717) is 23.0 Å².